The molecule has 1 nitrogen and oxygen atoms in total. The van der Waals surface area contributed by atoms with E-state index in [2.05, 4.69) is 69.5 Å². The van der Waals surface area contributed by atoms with Crippen LogP contribution in [-0.4, -0.2) is 5.71 Å². The number of nitrogens with zero attached hydrogens (tertiary/aromatic N) is 1. The second-order valence-corrected chi connectivity index (χ2v) is 4.75. The van der Waals surface area contributed by atoms with Crippen molar-refractivity contribution in [1.82, 2.24) is 0 Å². The van der Waals surface area contributed by atoms with Gasteiger partial charge in [0.1, 0.15) is 6.04 Å². The fraction of sp³-hybridized carbons (Fsp3) is 0.0714. The highest BCUT2D eigenvalue weighted by molar-refractivity contribution is 9.10. The summed E-state index contributed by atoms with van der Waals surface area (Å²) in [7, 11) is 0. The van der Waals surface area contributed by atoms with Crippen molar-refractivity contribution in [3.05, 3.63) is 70.2 Å². The summed E-state index contributed by atoms with van der Waals surface area (Å²) in [5, 5.41) is 0. The SMILES string of the molecule is Brc1ccc(C2=NC2c2ccccc2)cc1. The first-order chi connectivity index (χ1) is 7.84. The summed E-state index contributed by atoms with van der Waals surface area (Å²) in [5.41, 5.74) is 3.69. The zero-order valence-electron chi connectivity index (χ0n) is 8.60. The molecule has 0 N–H and O–H groups in total. The normalized spacial score (nSPS) is 18.1. The van der Waals surface area contributed by atoms with Gasteiger partial charge in [0.05, 0.1) is 5.71 Å². The third-order valence-corrected chi connectivity index (χ3v) is 3.24. The summed E-state index contributed by atoms with van der Waals surface area (Å²) < 4.78 is 1.11. The molecule has 16 heavy (non-hydrogen) atoms. The Balaban J connectivity index is 1.81. The van der Waals surface area contributed by atoms with Crippen LogP contribution in [0.4, 0.5) is 0 Å². The van der Waals surface area contributed by atoms with Crippen LogP contribution >= 0.6 is 15.9 Å². The van der Waals surface area contributed by atoms with Gasteiger partial charge in [-0.1, -0.05) is 58.4 Å². The lowest BCUT2D eigenvalue weighted by atomic mass is 10.0. The number of halogens is 1. The molecule has 0 saturated heterocycles. The topological polar surface area (TPSA) is 12.4 Å². The van der Waals surface area contributed by atoms with Gasteiger partial charge in [0.2, 0.25) is 0 Å². The minimum Gasteiger partial charge on any atom is -0.272 e. The molecule has 2 heteroatoms. The predicted molar refractivity (Wildman–Crippen MR) is 69.9 cm³/mol. The third-order valence-electron chi connectivity index (χ3n) is 2.71. The van der Waals surface area contributed by atoms with Gasteiger partial charge in [-0.2, -0.15) is 0 Å². The van der Waals surface area contributed by atoms with Gasteiger partial charge in [-0.15, -0.1) is 0 Å². The molecule has 3 rings (SSSR count). The predicted octanol–water partition coefficient (Wildman–Crippen LogP) is 3.99. The van der Waals surface area contributed by atoms with E-state index in [4.69, 9.17) is 0 Å². The van der Waals surface area contributed by atoms with Crippen LogP contribution in [0.1, 0.15) is 17.2 Å². The quantitative estimate of drug-likeness (QED) is 0.783. The first-order valence-corrected chi connectivity index (χ1v) is 6.02. The minimum atomic E-state index is 0.280. The zero-order valence-corrected chi connectivity index (χ0v) is 10.2. The summed E-state index contributed by atoms with van der Waals surface area (Å²) in [6.45, 7) is 0. The van der Waals surface area contributed by atoms with Gasteiger partial charge in [0.15, 0.2) is 0 Å². The Kier molecular flexibility index (Phi) is 2.37. The van der Waals surface area contributed by atoms with Crippen molar-refractivity contribution < 1.29 is 0 Å². The summed E-state index contributed by atoms with van der Waals surface area (Å²) in [4.78, 5) is 4.53. The van der Waals surface area contributed by atoms with Gasteiger partial charge in [0, 0.05) is 4.47 Å². The molecular formula is C14H10BrN. The maximum atomic E-state index is 4.53. The van der Waals surface area contributed by atoms with Crippen LogP contribution in [0.15, 0.2) is 64.1 Å². The number of rotatable bonds is 2. The van der Waals surface area contributed by atoms with Gasteiger partial charge < -0.3 is 0 Å². The zero-order chi connectivity index (χ0) is 11.0. The molecule has 0 aromatic heterocycles. The number of aliphatic imine (C=N–C) groups is 1. The van der Waals surface area contributed by atoms with E-state index < -0.39 is 0 Å². The Hall–Kier alpha value is -1.41. The maximum absolute atomic E-state index is 4.53. The van der Waals surface area contributed by atoms with Crippen LogP contribution < -0.4 is 0 Å². The number of hydrogen-bond acceptors (Lipinski definition) is 1. The molecule has 2 aromatic rings. The molecule has 0 spiro atoms. The van der Waals surface area contributed by atoms with Crippen LogP contribution in [0.25, 0.3) is 0 Å². The highest BCUT2D eigenvalue weighted by atomic mass is 79.9. The lowest BCUT2D eigenvalue weighted by Gasteiger charge is -1.98. The van der Waals surface area contributed by atoms with Crippen molar-refractivity contribution in [2.24, 2.45) is 4.99 Å². The monoisotopic (exact) mass is 271 g/mol. The molecule has 0 saturated carbocycles. The van der Waals surface area contributed by atoms with E-state index in [9.17, 15) is 0 Å². The van der Waals surface area contributed by atoms with Crippen LogP contribution in [0.3, 0.4) is 0 Å². The average Bonchev–Trinajstić information content (AvgIpc) is 3.11. The Morgan fingerprint density at radius 3 is 2.25 bits per heavy atom. The molecule has 0 bridgehead atoms. The molecule has 2 aromatic carbocycles. The largest absolute Gasteiger partial charge is 0.272 e. The molecule has 78 valence electrons. The Morgan fingerprint density at radius 2 is 1.56 bits per heavy atom. The molecule has 0 fully saturated rings. The van der Waals surface area contributed by atoms with E-state index >= 15 is 0 Å². The van der Waals surface area contributed by atoms with Gasteiger partial charge in [-0.3, -0.25) is 4.99 Å². The number of benzene rings is 2. The average molecular weight is 272 g/mol. The standard InChI is InChI=1S/C14H10BrN/c15-12-8-6-11(7-9-12)14-13(16-14)10-4-2-1-3-5-10/h1-9,13H. The molecule has 0 aliphatic carbocycles. The van der Waals surface area contributed by atoms with Crippen LogP contribution in [0.5, 0.6) is 0 Å². The van der Waals surface area contributed by atoms with Crippen molar-refractivity contribution in [3.8, 4) is 0 Å². The summed E-state index contributed by atoms with van der Waals surface area (Å²) >= 11 is 3.44. The molecule has 1 heterocycles. The van der Waals surface area contributed by atoms with Gasteiger partial charge >= 0.3 is 0 Å². The molecule has 0 amide bonds. The summed E-state index contributed by atoms with van der Waals surface area (Å²) in [6, 6.07) is 19.0. The van der Waals surface area contributed by atoms with Crippen LogP contribution in [-0.2, 0) is 0 Å². The lowest BCUT2D eigenvalue weighted by Crippen LogP contribution is -1.92. The Morgan fingerprint density at radius 1 is 0.875 bits per heavy atom. The van der Waals surface area contributed by atoms with Gasteiger partial charge in [0.25, 0.3) is 0 Å². The van der Waals surface area contributed by atoms with E-state index in [0.29, 0.717) is 0 Å². The molecule has 1 atom stereocenters. The second-order valence-electron chi connectivity index (χ2n) is 3.83. The van der Waals surface area contributed by atoms with E-state index in [-0.39, 0.29) is 6.04 Å². The fourth-order valence-corrected chi connectivity index (χ4v) is 2.09. The first-order valence-electron chi connectivity index (χ1n) is 5.23. The maximum Gasteiger partial charge on any atom is 0.118 e. The third kappa shape index (κ3) is 1.81. The van der Waals surface area contributed by atoms with Gasteiger partial charge in [-0.25, -0.2) is 0 Å². The van der Waals surface area contributed by atoms with Crippen molar-refractivity contribution in [3.63, 3.8) is 0 Å². The van der Waals surface area contributed by atoms with E-state index in [1.165, 1.54) is 16.8 Å². The molecule has 1 aliphatic rings. The van der Waals surface area contributed by atoms with Crippen molar-refractivity contribution in [2.45, 2.75) is 6.04 Å². The van der Waals surface area contributed by atoms with Crippen molar-refractivity contribution in [2.75, 3.05) is 0 Å². The Bertz CT molecular complexity index is 528. The Labute approximate surface area is 103 Å². The lowest BCUT2D eigenvalue weighted by molar-refractivity contribution is 1.13. The van der Waals surface area contributed by atoms with E-state index in [1.54, 1.807) is 0 Å². The second kappa shape index (κ2) is 3.87. The summed E-state index contributed by atoms with van der Waals surface area (Å²) in [5.74, 6) is 0. The number of hydrogen-bond donors (Lipinski definition) is 0. The van der Waals surface area contributed by atoms with Gasteiger partial charge in [-0.05, 0) is 23.3 Å². The smallest absolute Gasteiger partial charge is 0.118 e. The van der Waals surface area contributed by atoms with Crippen molar-refractivity contribution in [1.29, 1.82) is 0 Å². The molecule has 1 unspecified atom stereocenters. The van der Waals surface area contributed by atoms with Crippen molar-refractivity contribution >= 4 is 21.6 Å². The highest BCUT2D eigenvalue weighted by Gasteiger charge is 2.29. The van der Waals surface area contributed by atoms with Crippen LogP contribution in [0, 0.1) is 0 Å². The molecule has 0 radical (unpaired) electrons. The first kappa shape index (κ1) is 9.79. The van der Waals surface area contributed by atoms with Crippen LogP contribution in [0.2, 0.25) is 0 Å². The van der Waals surface area contributed by atoms with E-state index in [1.807, 2.05) is 6.07 Å². The fourth-order valence-electron chi connectivity index (χ4n) is 1.82. The molecule has 1 aliphatic heterocycles. The highest BCUT2D eigenvalue weighted by Crippen LogP contribution is 2.34. The van der Waals surface area contributed by atoms with E-state index in [0.717, 1.165) is 4.47 Å². The molecular weight excluding hydrogens is 262 g/mol. The summed E-state index contributed by atoms with van der Waals surface area (Å²) in [6.07, 6.45) is 0. The minimum absolute atomic E-state index is 0.280.